The summed E-state index contributed by atoms with van der Waals surface area (Å²) in [5.74, 6) is 0. The van der Waals surface area contributed by atoms with Gasteiger partial charge in [-0.25, -0.2) is 0 Å². The van der Waals surface area contributed by atoms with Gasteiger partial charge in [-0.1, -0.05) is 12.5 Å². The predicted octanol–water partition coefficient (Wildman–Crippen LogP) is 1.62. The minimum absolute atomic E-state index is 0.356. The number of likely N-dealkylation sites (N-methyl/N-ethyl adjacent to an activating group) is 1. The first-order valence-corrected chi connectivity index (χ1v) is 4.72. The summed E-state index contributed by atoms with van der Waals surface area (Å²) < 4.78 is 0. The Balaban J connectivity index is 3.13. The molecule has 0 saturated carbocycles. The van der Waals surface area contributed by atoms with Crippen molar-refractivity contribution < 1.29 is 0 Å². The van der Waals surface area contributed by atoms with Crippen molar-refractivity contribution in [1.82, 2.24) is 4.90 Å². The molecule has 0 heterocycles. The second kappa shape index (κ2) is 7.32. The van der Waals surface area contributed by atoms with Crippen LogP contribution in [-0.2, 0) is 0 Å². The zero-order chi connectivity index (χ0) is 9.40. The molecular formula is C10H22N2. The minimum atomic E-state index is 0.356. The molecule has 2 heteroatoms. The van der Waals surface area contributed by atoms with E-state index in [0.29, 0.717) is 6.04 Å². The third kappa shape index (κ3) is 7.76. The van der Waals surface area contributed by atoms with Gasteiger partial charge >= 0.3 is 0 Å². The van der Waals surface area contributed by atoms with E-state index >= 15 is 0 Å². The lowest BCUT2D eigenvalue weighted by atomic mass is 10.1. The first kappa shape index (κ1) is 11.7. The van der Waals surface area contributed by atoms with Gasteiger partial charge in [-0.15, -0.1) is 6.58 Å². The van der Waals surface area contributed by atoms with E-state index in [4.69, 9.17) is 5.73 Å². The number of hydrogen-bond donors (Lipinski definition) is 1. The lowest BCUT2D eigenvalue weighted by Crippen LogP contribution is -2.20. The molecule has 0 aromatic rings. The van der Waals surface area contributed by atoms with Gasteiger partial charge in [-0.05, 0) is 33.4 Å². The van der Waals surface area contributed by atoms with Crippen LogP contribution in [0.5, 0.6) is 0 Å². The molecule has 0 amide bonds. The lowest BCUT2D eigenvalue weighted by molar-refractivity contribution is 0.355. The summed E-state index contributed by atoms with van der Waals surface area (Å²) in [6, 6.07) is 0.356. The van der Waals surface area contributed by atoms with Crippen molar-refractivity contribution >= 4 is 0 Å². The van der Waals surface area contributed by atoms with Crippen LogP contribution in [0.4, 0.5) is 0 Å². The molecule has 1 atom stereocenters. The fraction of sp³-hybridized carbons (Fsp3) is 0.800. The number of nitrogens with zero attached hydrogens (tertiary/aromatic N) is 1. The molecule has 0 aliphatic carbocycles. The van der Waals surface area contributed by atoms with Crippen molar-refractivity contribution in [3.8, 4) is 0 Å². The van der Waals surface area contributed by atoms with Gasteiger partial charge in [0.2, 0.25) is 0 Å². The van der Waals surface area contributed by atoms with Gasteiger partial charge in [0, 0.05) is 12.6 Å². The maximum absolute atomic E-state index is 5.64. The van der Waals surface area contributed by atoms with Gasteiger partial charge in [0.1, 0.15) is 0 Å². The Kier molecular flexibility index (Phi) is 7.11. The normalized spacial score (nSPS) is 13.3. The van der Waals surface area contributed by atoms with E-state index in [0.717, 1.165) is 19.5 Å². The van der Waals surface area contributed by atoms with Crippen molar-refractivity contribution in [2.24, 2.45) is 5.73 Å². The first-order chi connectivity index (χ1) is 5.66. The molecule has 0 aromatic carbocycles. The van der Waals surface area contributed by atoms with E-state index in [-0.39, 0.29) is 0 Å². The van der Waals surface area contributed by atoms with E-state index in [9.17, 15) is 0 Å². The number of nitrogens with two attached hydrogens (primary N) is 1. The Morgan fingerprint density at radius 3 is 2.67 bits per heavy atom. The smallest absolute Gasteiger partial charge is 0.0157 e. The Bertz CT molecular complexity index is 110. The molecular weight excluding hydrogens is 148 g/mol. The Morgan fingerprint density at radius 2 is 2.17 bits per heavy atom. The highest BCUT2D eigenvalue weighted by atomic mass is 15.1. The third-order valence-corrected chi connectivity index (χ3v) is 1.89. The van der Waals surface area contributed by atoms with Gasteiger partial charge in [0.05, 0.1) is 0 Å². The summed E-state index contributed by atoms with van der Waals surface area (Å²) in [7, 11) is 2.12. The van der Waals surface area contributed by atoms with Crippen molar-refractivity contribution in [2.45, 2.75) is 32.2 Å². The van der Waals surface area contributed by atoms with Crippen LogP contribution in [0, 0.1) is 0 Å². The fourth-order valence-corrected chi connectivity index (χ4v) is 1.16. The average Bonchev–Trinajstić information content (AvgIpc) is 1.98. The largest absolute Gasteiger partial charge is 0.328 e. The first-order valence-electron chi connectivity index (χ1n) is 4.72. The molecule has 0 aromatic heterocycles. The zero-order valence-electron chi connectivity index (χ0n) is 8.42. The van der Waals surface area contributed by atoms with E-state index < -0.39 is 0 Å². The van der Waals surface area contributed by atoms with Crippen LogP contribution in [0.25, 0.3) is 0 Å². The molecule has 2 N–H and O–H groups in total. The highest BCUT2D eigenvalue weighted by Gasteiger charge is 1.96. The van der Waals surface area contributed by atoms with Crippen molar-refractivity contribution in [3.05, 3.63) is 12.7 Å². The van der Waals surface area contributed by atoms with Gasteiger partial charge in [-0.2, -0.15) is 0 Å². The quantitative estimate of drug-likeness (QED) is 0.465. The molecule has 1 unspecified atom stereocenters. The molecule has 12 heavy (non-hydrogen) atoms. The predicted molar refractivity (Wildman–Crippen MR) is 55.2 cm³/mol. The summed E-state index contributed by atoms with van der Waals surface area (Å²) >= 11 is 0. The molecule has 0 spiro atoms. The Morgan fingerprint density at radius 1 is 1.50 bits per heavy atom. The van der Waals surface area contributed by atoms with Gasteiger partial charge in [0.25, 0.3) is 0 Å². The molecule has 0 radical (unpaired) electrons. The zero-order valence-corrected chi connectivity index (χ0v) is 8.42. The molecule has 0 aliphatic heterocycles. The topological polar surface area (TPSA) is 29.3 Å². The summed E-state index contributed by atoms with van der Waals surface area (Å²) in [6.45, 7) is 7.89. The Hall–Kier alpha value is -0.340. The standard InChI is InChI=1S/C10H22N2/c1-4-8-12(3)9-6-5-7-10(2)11/h4,10H,1,5-9,11H2,2-3H3. The van der Waals surface area contributed by atoms with Crippen molar-refractivity contribution in [1.29, 1.82) is 0 Å². The van der Waals surface area contributed by atoms with Crippen LogP contribution in [0.3, 0.4) is 0 Å². The summed E-state index contributed by atoms with van der Waals surface area (Å²) in [4.78, 5) is 2.27. The molecule has 0 fully saturated rings. The summed E-state index contributed by atoms with van der Waals surface area (Å²) in [5.41, 5.74) is 5.64. The van der Waals surface area contributed by atoms with Crippen molar-refractivity contribution in [3.63, 3.8) is 0 Å². The SMILES string of the molecule is C=CCN(C)CCCCC(C)N. The number of unbranched alkanes of at least 4 members (excludes halogenated alkanes) is 1. The van der Waals surface area contributed by atoms with E-state index in [2.05, 4.69) is 25.5 Å². The number of hydrogen-bond acceptors (Lipinski definition) is 2. The van der Waals surface area contributed by atoms with Gasteiger partial charge < -0.3 is 10.6 Å². The maximum atomic E-state index is 5.64. The van der Waals surface area contributed by atoms with Gasteiger partial charge in [0.15, 0.2) is 0 Å². The third-order valence-electron chi connectivity index (χ3n) is 1.89. The number of rotatable bonds is 7. The van der Waals surface area contributed by atoms with Crippen LogP contribution in [-0.4, -0.2) is 31.1 Å². The molecule has 72 valence electrons. The van der Waals surface area contributed by atoms with Crippen LogP contribution in [0.2, 0.25) is 0 Å². The van der Waals surface area contributed by atoms with Crippen LogP contribution < -0.4 is 5.73 Å². The van der Waals surface area contributed by atoms with Crippen LogP contribution in [0.15, 0.2) is 12.7 Å². The fourth-order valence-electron chi connectivity index (χ4n) is 1.16. The highest BCUT2D eigenvalue weighted by Crippen LogP contribution is 1.99. The lowest BCUT2D eigenvalue weighted by Gasteiger charge is -2.13. The Labute approximate surface area is 76.4 Å². The maximum Gasteiger partial charge on any atom is 0.0157 e. The van der Waals surface area contributed by atoms with E-state index in [1.54, 1.807) is 0 Å². The summed E-state index contributed by atoms with van der Waals surface area (Å²) in [5, 5.41) is 0. The average molecular weight is 170 g/mol. The second-order valence-corrected chi connectivity index (χ2v) is 3.52. The van der Waals surface area contributed by atoms with Crippen molar-refractivity contribution in [2.75, 3.05) is 20.1 Å². The molecule has 0 aliphatic rings. The summed E-state index contributed by atoms with van der Waals surface area (Å²) in [6.07, 6.45) is 5.55. The van der Waals surface area contributed by atoms with Crippen LogP contribution >= 0.6 is 0 Å². The molecule has 2 nitrogen and oxygen atoms in total. The highest BCUT2D eigenvalue weighted by molar-refractivity contribution is 4.70. The second-order valence-electron chi connectivity index (χ2n) is 3.52. The van der Waals surface area contributed by atoms with Gasteiger partial charge in [-0.3, -0.25) is 0 Å². The van der Waals surface area contributed by atoms with E-state index in [1.165, 1.54) is 12.8 Å². The van der Waals surface area contributed by atoms with Crippen LogP contribution in [0.1, 0.15) is 26.2 Å². The monoisotopic (exact) mass is 170 g/mol. The molecule has 0 bridgehead atoms. The minimum Gasteiger partial charge on any atom is -0.328 e. The molecule has 0 rings (SSSR count). The molecule has 0 saturated heterocycles. The van der Waals surface area contributed by atoms with E-state index in [1.807, 2.05) is 6.08 Å².